The van der Waals surface area contributed by atoms with E-state index < -0.39 is 0 Å². The minimum atomic E-state index is 0.556. The molecule has 0 radical (unpaired) electrons. The molecule has 1 aliphatic rings. The van der Waals surface area contributed by atoms with E-state index >= 15 is 0 Å². The van der Waals surface area contributed by atoms with Gasteiger partial charge in [0.15, 0.2) is 0 Å². The zero-order valence-electron chi connectivity index (χ0n) is 11.2. The molecule has 0 aromatic heterocycles. The highest BCUT2D eigenvalue weighted by Gasteiger charge is 2.22. The molecule has 2 rings (SSSR count). The molecule has 0 saturated carbocycles. The standard InChI is InChI=1S/C15H24N2/c1-12-4-6-14(7-5-12)15(17(2)3)10-13-8-9-16-11-13/h4-7,13,15-16H,8-11H2,1-3H3. The fraction of sp³-hybridized carbons (Fsp3) is 0.600. The van der Waals surface area contributed by atoms with E-state index in [1.807, 2.05) is 0 Å². The van der Waals surface area contributed by atoms with Crippen LogP contribution in [0.1, 0.15) is 30.0 Å². The van der Waals surface area contributed by atoms with Crippen LogP contribution in [0.2, 0.25) is 0 Å². The van der Waals surface area contributed by atoms with E-state index in [0.717, 1.165) is 5.92 Å². The lowest BCUT2D eigenvalue weighted by atomic mass is 9.93. The highest BCUT2D eigenvalue weighted by atomic mass is 15.1. The summed E-state index contributed by atoms with van der Waals surface area (Å²) in [4.78, 5) is 2.35. The Morgan fingerprint density at radius 3 is 2.53 bits per heavy atom. The van der Waals surface area contributed by atoms with E-state index in [0.29, 0.717) is 6.04 Å². The van der Waals surface area contributed by atoms with Crippen LogP contribution in [0, 0.1) is 12.8 Å². The highest BCUT2D eigenvalue weighted by molar-refractivity contribution is 5.24. The average Bonchev–Trinajstić information content (AvgIpc) is 2.80. The molecule has 1 aromatic carbocycles. The van der Waals surface area contributed by atoms with Crippen LogP contribution in [0.15, 0.2) is 24.3 Å². The summed E-state index contributed by atoms with van der Waals surface area (Å²) in [7, 11) is 4.37. The van der Waals surface area contributed by atoms with Crippen LogP contribution in [0.5, 0.6) is 0 Å². The predicted octanol–water partition coefficient (Wildman–Crippen LogP) is 2.60. The first kappa shape index (κ1) is 12.6. The molecule has 2 atom stereocenters. The van der Waals surface area contributed by atoms with Crippen molar-refractivity contribution in [3.05, 3.63) is 35.4 Å². The summed E-state index contributed by atoms with van der Waals surface area (Å²) in [6.45, 7) is 4.53. The molecule has 0 bridgehead atoms. The van der Waals surface area contributed by atoms with Gasteiger partial charge >= 0.3 is 0 Å². The molecule has 17 heavy (non-hydrogen) atoms. The van der Waals surface area contributed by atoms with Gasteiger partial charge in [-0.05, 0) is 58.4 Å². The molecule has 2 heteroatoms. The molecular weight excluding hydrogens is 208 g/mol. The Kier molecular flexibility index (Phi) is 4.19. The van der Waals surface area contributed by atoms with Gasteiger partial charge in [-0.1, -0.05) is 29.8 Å². The molecule has 1 heterocycles. The monoisotopic (exact) mass is 232 g/mol. The summed E-state index contributed by atoms with van der Waals surface area (Å²) in [6, 6.07) is 9.56. The molecular formula is C15H24N2. The van der Waals surface area contributed by atoms with Gasteiger partial charge in [0.2, 0.25) is 0 Å². The van der Waals surface area contributed by atoms with Crippen molar-refractivity contribution in [1.82, 2.24) is 10.2 Å². The van der Waals surface area contributed by atoms with Crippen LogP contribution in [0.4, 0.5) is 0 Å². The number of nitrogens with one attached hydrogen (secondary N) is 1. The second-order valence-electron chi connectivity index (χ2n) is 5.48. The number of hydrogen-bond acceptors (Lipinski definition) is 2. The lowest BCUT2D eigenvalue weighted by molar-refractivity contribution is 0.253. The third kappa shape index (κ3) is 3.30. The van der Waals surface area contributed by atoms with Crippen molar-refractivity contribution in [2.24, 2.45) is 5.92 Å². The van der Waals surface area contributed by atoms with Crippen LogP contribution in [0.3, 0.4) is 0 Å². The Morgan fingerprint density at radius 2 is 2.00 bits per heavy atom. The first-order valence-electron chi connectivity index (χ1n) is 6.60. The Balaban J connectivity index is 2.08. The zero-order chi connectivity index (χ0) is 12.3. The van der Waals surface area contributed by atoms with Crippen LogP contribution >= 0.6 is 0 Å². The molecule has 1 N–H and O–H groups in total. The number of nitrogens with zero attached hydrogens (tertiary/aromatic N) is 1. The number of hydrogen-bond donors (Lipinski definition) is 1. The van der Waals surface area contributed by atoms with Gasteiger partial charge in [-0.15, -0.1) is 0 Å². The van der Waals surface area contributed by atoms with Crippen LogP contribution < -0.4 is 5.32 Å². The van der Waals surface area contributed by atoms with Gasteiger partial charge in [0.05, 0.1) is 0 Å². The van der Waals surface area contributed by atoms with Crippen molar-refractivity contribution in [2.75, 3.05) is 27.2 Å². The van der Waals surface area contributed by atoms with E-state index in [4.69, 9.17) is 0 Å². The topological polar surface area (TPSA) is 15.3 Å². The third-order valence-electron chi connectivity index (χ3n) is 3.80. The number of rotatable bonds is 4. The smallest absolute Gasteiger partial charge is 0.0345 e. The van der Waals surface area contributed by atoms with Gasteiger partial charge in [-0.2, -0.15) is 0 Å². The second kappa shape index (κ2) is 5.65. The first-order chi connectivity index (χ1) is 8.16. The summed E-state index contributed by atoms with van der Waals surface area (Å²) in [5.74, 6) is 0.837. The predicted molar refractivity (Wildman–Crippen MR) is 73.2 cm³/mol. The summed E-state index contributed by atoms with van der Waals surface area (Å²) >= 11 is 0. The van der Waals surface area contributed by atoms with Gasteiger partial charge in [0.25, 0.3) is 0 Å². The fourth-order valence-corrected chi connectivity index (χ4v) is 2.67. The Hall–Kier alpha value is -0.860. The molecule has 0 amide bonds. The van der Waals surface area contributed by atoms with Crippen molar-refractivity contribution in [2.45, 2.75) is 25.8 Å². The summed E-state index contributed by atoms with van der Waals surface area (Å²) in [6.07, 6.45) is 2.60. The lowest BCUT2D eigenvalue weighted by Crippen LogP contribution is -2.23. The quantitative estimate of drug-likeness (QED) is 0.858. The molecule has 2 unspecified atom stereocenters. The van der Waals surface area contributed by atoms with E-state index in [1.165, 1.54) is 37.1 Å². The summed E-state index contributed by atoms with van der Waals surface area (Å²) in [5.41, 5.74) is 2.79. The van der Waals surface area contributed by atoms with Crippen LogP contribution in [-0.2, 0) is 0 Å². The van der Waals surface area contributed by atoms with E-state index in [-0.39, 0.29) is 0 Å². The lowest BCUT2D eigenvalue weighted by Gasteiger charge is -2.27. The van der Waals surface area contributed by atoms with E-state index in [1.54, 1.807) is 0 Å². The maximum absolute atomic E-state index is 3.46. The summed E-state index contributed by atoms with van der Waals surface area (Å²) < 4.78 is 0. The van der Waals surface area contributed by atoms with Gasteiger partial charge in [0.1, 0.15) is 0 Å². The molecule has 1 fully saturated rings. The van der Waals surface area contributed by atoms with E-state index in [9.17, 15) is 0 Å². The van der Waals surface area contributed by atoms with Gasteiger partial charge in [-0.25, -0.2) is 0 Å². The van der Waals surface area contributed by atoms with Crippen LogP contribution in [-0.4, -0.2) is 32.1 Å². The molecule has 0 spiro atoms. The molecule has 2 nitrogen and oxygen atoms in total. The number of aryl methyl sites for hydroxylation is 1. The van der Waals surface area contributed by atoms with Crippen molar-refractivity contribution < 1.29 is 0 Å². The third-order valence-corrected chi connectivity index (χ3v) is 3.80. The minimum Gasteiger partial charge on any atom is -0.316 e. The molecule has 1 saturated heterocycles. The Labute approximate surface area is 105 Å². The van der Waals surface area contributed by atoms with Crippen molar-refractivity contribution in [3.8, 4) is 0 Å². The average molecular weight is 232 g/mol. The molecule has 0 aliphatic carbocycles. The maximum Gasteiger partial charge on any atom is 0.0345 e. The number of benzene rings is 1. The summed E-state index contributed by atoms with van der Waals surface area (Å²) in [5, 5.41) is 3.46. The maximum atomic E-state index is 3.46. The highest BCUT2D eigenvalue weighted by Crippen LogP contribution is 2.28. The largest absolute Gasteiger partial charge is 0.316 e. The minimum absolute atomic E-state index is 0.556. The SMILES string of the molecule is Cc1ccc(C(CC2CCNC2)N(C)C)cc1. The van der Waals surface area contributed by atoms with Gasteiger partial charge < -0.3 is 10.2 Å². The normalized spacial score (nSPS) is 22.0. The molecule has 94 valence electrons. The second-order valence-corrected chi connectivity index (χ2v) is 5.48. The van der Waals surface area contributed by atoms with Crippen molar-refractivity contribution in [1.29, 1.82) is 0 Å². The van der Waals surface area contributed by atoms with Crippen molar-refractivity contribution in [3.63, 3.8) is 0 Å². The zero-order valence-corrected chi connectivity index (χ0v) is 11.2. The first-order valence-corrected chi connectivity index (χ1v) is 6.60. The Morgan fingerprint density at radius 1 is 1.29 bits per heavy atom. The van der Waals surface area contributed by atoms with Gasteiger partial charge in [-0.3, -0.25) is 0 Å². The molecule has 1 aromatic rings. The molecule has 1 aliphatic heterocycles. The van der Waals surface area contributed by atoms with E-state index in [2.05, 4.69) is 55.5 Å². The fourth-order valence-electron chi connectivity index (χ4n) is 2.67. The van der Waals surface area contributed by atoms with Gasteiger partial charge in [0, 0.05) is 6.04 Å². The van der Waals surface area contributed by atoms with Crippen molar-refractivity contribution >= 4 is 0 Å². The van der Waals surface area contributed by atoms with Crippen LogP contribution in [0.25, 0.3) is 0 Å². The Bertz CT molecular complexity index is 336.